The van der Waals surface area contributed by atoms with E-state index in [2.05, 4.69) is 10.6 Å². The maximum absolute atomic E-state index is 12.9. The Morgan fingerprint density at radius 2 is 1.63 bits per heavy atom. The molecule has 1 aromatic rings. The first-order valence-corrected chi connectivity index (χ1v) is 10.8. The molecule has 0 radical (unpaired) electrons. The van der Waals surface area contributed by atoms with Crippen molar-refractivity contribution in [3.8, 4) is 0 Å². The number of hydrogen-bond donors (Lipinski definition) is 2. The van der Waals surface area contributed by atoms with Gasteiger partial charge in [0.2, 0.25) is 5.91 Å². The molecule has 2 saturated heterocycles. The Labute approximate surface area is 176 Å². The highest BCUT2D eigenvalue weighted by Gasteiger charge is 2.51. The van der Waals surface area contributed by atoms with E-state index in [1.807, 2.05) is 0 Å². The van der Waals surface area contributed by atoms with Crippen molar-refractivity contribution in [3.05, 3.63) is 29.8 Å². The summed E-state index contributed by atoms with van der Waals surface area (Å²) in [5, 5.41) is 5.54. The molecule has 8 nitrogen and oxygen atoms in total. The molecule has 3 aliphatic rings. The van der Waals surface area contributed by atoms with Crippen LogP contribution in [0, 0.1) is 0 Å². The fourth-order valence-corrected chi connectivity index (χ4v) is 4.69. The first-order chi connectivity index (χ1) is 14.5. The van der Waals surface area contributed by atoms with Crippen LogP contribution in [0.4, 0.5) is 10.5 Å². The Balaban J connectivity index is 1.44. The molecule has 5 amide bonds. The lowest BCUT2D eigenvalue weighted by Crippen LogP contribution is -2.48. The number of para-hydroxylation sites is 1. The van der Waals surface area contributed by atoms with Gasteiger partial charge in [0.25, 0.3) is 11.8 Å². The molecule has 8 heteroatoms. The van der Waals surface area contributed by atoms with Gasteiger partial charge in [-0.15, -0.1) is 0 Å². The van der Waals surface area contributed by atoms with Crippen molar-refractivity contribution < 1.29 is 19.2 Å². The number of carbonyl (C=O) groups excluding carboxylic acids is 4. The van der Waals surface area contributed by atoms with Crippen LogP contribution in [0.1, 0.15) is 61.7 Å². The molecule has 0 unspecified atom stereocenters. The zero-order valence-corrected chi connectivity index (χ0v) is 17.1. The molecule has 0 atom stereocenters. The zero-order valence-electron chi connectivity index (χ0n) is 17.1. The monoisotopic (exact) mass is 412 g/mol. The second kappa shape index (κ2) is 8.45. The van der Waals surface area contributed by atoms with Gasteiger partial charge in [-0.2, -0.15) is 0 Å². The lowest BCUT2D eigenvalue weighted by Gasteiger charge is -2.30. The number of benzene rings is 1. The Hall–Kier alpha value is -2.90. The van der Waals surface area contributed by atoms with Gasteiger partial charge in [-0.3, -0.25) is 19.3 Å². The highest BCUT2D eigenvalue weighted by Crippen LogP contribution is 2.33. The van der Waals surface area contributed by atoms with Crippen molar-refractivity contribution >= 4 is 29.4 Å². The summed E-state index contributed by atoms with van der Waals surface area (Å²) in [4.78, 5) is 53.6. The molecule has 1 saturated carbocycles. The molecule has 2 N–H and O–H groups in total. The van der Waals surface area contributed by atoms with Gasteiger partial charge in [0.15, 0.2) is 0 Å². The third kappa shape index (κ3) is 3.91. The SMILES string of the molecule is O=C(CN1C(=O)NC2(CCCCC2)C1=O)Nc1ccccc1C(=O)N1CCCCC1. The van der Waals surface area contributed by atoms with Crippen molar-refractivity contribution in [1.82, 2.24) is 15.1 Å². The van der Waals surface area contributed by atoms with Gasteiger partial charge in [0.1, 0.15) is 12.1 Å². The van der Waals surface area contributed by atoms with Gasteiger partial charge < -0.3 is 15.5 Å². The average molecular weight is 412 g/mol. The second-order valence-electron chi connectivity index (χ2n) is 8.41. The molecule has 3 fully saturated rings. The fourth-order valence-electron chi connectivity index (χ4n) is 4.69. The van der Waals surface area contributed by atoms with Crippen molar-refractivity contribution in [2.45, 2.75) is 56.9 Å². The number of amides is 5. The van der Waals surface area contributed by atoms with Crippen molar-refractivity contribution in [2.75, 3.05) is 25.0 Å². The first kappa shape index (κ1) is 20.4. The van der Waals surface area contributed by atoms with Crippen LogP contribution in [0.3, 0.4) is 0 Å². The molecule has 1 spiro atoms. The van der Waals surface area contributed by atoms with Crippen LogP contribution < -0.4 is 10.6 Å². The van der Waals surface area contributed by atoms with Crippen LogP contribution in [0.5, 0.6) is 0 Å². The summed E-state index contributed by atoms with van der Waals surface area (Å²) in [5.74, 6) is -0.924. The number of likely N-dealkylation sites (tertiary alicyclic amines) is 1. The van der Waals surface area contributed by atoms with Crippen LogP contribution in [0.2, 0.25) is 0 Å². The summed E-state index contributed by atoms with van der Waals surface area (Å²) in [6.45, 7) is 1.07. The Bertz CT molecular complexity index is 856. The quantitative estimate of drug-likeness (QED) is 0.743. The molecule has 2 aliphatic heterocycles. The average Bonchev–Trinajstić information content (AvgIpc) is 2.98. The number of nitrogens with one attached hydrogen (secondary N) is 2. The normalized spacial score (nSPS) is 20.9. The predicted octanol–water partition coefficient (Wildman–Crippen LogP) is 2.51. The lowest BCUT2D eigenvalue weighted by atomic mass is 9.82. The first-order valence-electron chi connectivity index (χ1n) is 10.8. The van der Waals surface area contributed by atoms with E-state index in [-0.39, 0.29) is 18.4 Å². The molecule has 0 bridgehead atoms. The molecule has 160 valence electrons. The Morgan fingerprint density at radius 1 is 0.967 bits per heavy atom. The van der Waals surface area contributed by atoms with Crippen molar-refractivity contribution in [2.24, 2.45) is 0 Å². The van der Waals surface area contributed by atoms with E-state index in [4.69, 9.17) is 0 Å². The molecule has 1 aliphatic carbocycles. The van der Waals surface area contributed by atoms with Crippen LogP contribution in [-0.4, -0.2) is 58.7 Å². The fraction of sp³-hybridized carbons (Fsp3) is 0.545. The number of piperidine rings is 1. The van der Waals surface area contributed by atoms with Gasteiger partial charge in [0.05, 0.1) is 11.3 Å². The smallest absolute Gasteiger partial charge is 0.325 e. The van der Waals surface area contributed by atoms with E-state index >= 15 is 0 Å². The van der Waals surface area contributed by atoms with Gasteiger partial charge in [-0.1, -0.05) is 31.4 Å². The zero-order chi connectivity index (χ0) is 21.1. The summed E-state index contributed by atoms with van der Waals surface area (Å²) in [6, 6.07) is 6.35. The summed E-state index contributed by atoms with van der Waals surface area (Å²) in [6.07, 6.45) is 7.13. The van der Waals surface area contributed by atoms with E-state index in [0.717, 1.165) is 43.4 Å². The number of carbonyl (C=O) groups is 4. The van der Waals surface area contributed by atoms with Crippen molar-refractivity contribution in [1.29, 1.82) is 0 Å². The Kier molecular flexibility index (Phi) is 5.74. The highest BCUT2D eigenvalue weighted by molar-refractivity contribution is 6.11. The number of imide groups is 1. The van der Waals surface area contributed by atoms with E-state index in [1.54, 1.807) is 29.2 Å². The molecule has 1 aromatic carbocycles. The van der Waals surface area contributed by atoms with E-state index in [1.165, 1.54) is 0 Å². The van der Waals surface area contributed by atoms with Crippen LogP contribution in [0.15, 0.2) is 24.3 Å². The van der Waals surface area contributed by atoms with E-state index in [9.17, 15) is 19.2 Å². The number of anilines is 1. The Morgan fingerprint density at radius 3 is 2.37 bits per heavy atom. The third-order valence-electron chi connectivity index (χ3n) is 6.33. The molecule has 0 aromatic heterocycles. The maximum Gasteiger partial charge on any atom is 0.325 e. The van der Waals surface area contributed by atoms with Crippen LogP contribution in [-0.2, 0) is 9.59 Å². The second-order valence-corrected chi connectivity index (χ2v) is 8.41. The molecule has 2 heterocycles. The van der Waals surface area contributed by atoms with Gasteiger partial charge in [-0.25, -0.2) is 4.79 Å². The predicted molar refractivity (Wildman–Crippen MR) is 111 cm³/mol. The largest absolute Gasteiger partial charge is 0.339 e. The van der Waals surface area contributed by atoms with Crippen molar-refractivity contribution in [3.63, 3.8) is 0 Å². The minimum Gasteiger partial charge on any atom is -0.339 e. The van der Waals surface area contributed by atoms with Gasteiger partial charge in [-0.05, 0) is 44.2 Å². The number of hydrogen-bond acceptors (Lipinski definition) is 4. The van der Waals surface area contributed by atoms with Gasteiger partial charge in [0, 0.05) is 13.1 Å². The molecule has 4 rings (SSSR count). The molecule has 30 heavy (non-hydrogen) atoms. The molecular formula is C22H28N4O4. The minimum absolute atomic E-state index is 0.109. The summed E-state index contributed by atoms with van der Waals surface area (Å²) < 4.78 is 0. The number of rotatable bonds is 4. The standard InChI is InChI=1S/C22H28N4O4/c27-18(15-26-20(29)22(24-21(26)30)11-5-1-6-12-22)23-17-10-4-3-9-16(17)19(28)25-13-7-2-8-14-25/h3-4,9-10H,1-2,5-8,11-15H2,(H,23,27)(H,24,30). The number of nitrogens with zero attached hydrogens (tertiary/aromatic N) is 2. The summed E-state index contributed by atoms with van der Waals surface area (Å²) >= 11 is 0. The van der Waals surface area contributed by atoms with Crippen LogP contribution in [0.25, 0.3) is 0 Å². The minimum atomic E-state index is -0.849. The molecular weight excluding hydrogens is 384 g/mol. The summed E-state index contributed by atoms with van der Waals surface area (Å²) in [7, 11) is 0. The van der Waals surface area contributed by atoms with Crippen LogP contribution >= 0.6 is 0 Å². The van der Waals surface area contributed by atoms with E-state index in [0.29, 0.717) is 37.2 Å². The highest BCUT2D eigenvalue weighted by atomic mass is 16.2. The lowest BCUT2D eigenvalue weighted by molar-refractivity contribution is -0.134. The number of urea groups is 1. The third-order valence-corrected chi connectivity index (χ3v) is 6.33. The van der Waals surface area contributed by atoms with E-state index < -0.39 is 17.5 Å². The maximum atomic E-state index is 12.9. The topological polar surface area (TPSA) is 98.8 Å². The summed E-state index contributed by atoms with van der Waals surface area (Å²) in [5.41, 5.74) is -0.0243. The van der Waals surface area contributed by atoms with Gasteiger partial charge >= 0.3 is 6.03 Å².